The van der Waals surface area contributed by atoms with E-state index in [1.54, 1.807) is 12.1 Å². The van der Waals surface area contributed by atoms with E-state index in [0.29, 0.717) is 5.75 Å². The lowest BCUT2D eigenvalue weighted by molar-refractivity contribution is -0.124. The van der Waals surface area contributed by atoms with E-state index in [1.165, 1.54) is 36.4 Å². The minimum Gasteiger partial charge on any atom is -0.484 e. The Morgan fingerprint density at radius 3 is 2.23 bits per heavy atom. The summed E-state index contributed by atoms with van der Waals surface area (Å²) in [4.78, 5) is 34.2. The molecule has 2 aromatic carbocycles. The number of halogens is 1. The zero-order valence-corrected chi connectivity index (χ0v) is 13.7. The van der Waals surface area contributed by atoms with Gasteiger partial charge in [0.2, 0.25) is 0 Å². The lowest BCUT2D eigenvalue weighted by Gasteiger charge is -2.08. The highest BCUT2D eigenvalue weighted by molar-refractivity contribution is 5.91. The number of amides is 2. The number of nitrogens with one attached hydrogen (secondary N) is 1. The van der Waals surface area contributed by atoms with Crippen LogP contribution in [0.3, 0.4) is 0 Å². The SMILES string of the molecule is NC(=O)COc1ccc(C(=O)OCC(=O)NCc2ccc(F)cc2)cc1. The zero-order chi connectivity index (χ0) is 18.9. The third-order valence-corrected chi connectivity index (χ3v) is 3.21. The molecule has 0 aliphatic carbocycles. The molecule has 0 bridgehead atoms. The summed E-state index contributed by atoms with van der Waals surface area (Å²) in [6, 6.07) is 11.5. The molecule has 0 saturated carbocycles. The first kappa shape index (κ1) is 18.9. The normalized spacial score (nSPS) is 10.0. The highest BCUT2D eigenvalue weighted by atomic mass is 19.1. The Labute approximate surface area is 148 Å². The molecule has 0 unspecified atom stereocenters. The molecule has 0 radical (unpaired) electrons. The van der Waals surface area contributed by atoms with Crippen molar-refractivity contribution in [2.24, 2.45) is 5.73 Å². The summed E-state index contributed by atoms with van der Waals surface area (Å²) in [6.45, 7) is -0.513. The van der Waals surface area contributed by atoms with Gasteiger partial charge in [0, 0.05) is 6.54 Å². The van der Waals surface area contributed by atoms with Crippen LogP contribution in [0.25, 0.3) is 0 Å². The summed E-state index contributed by atoms with van der Waals surface area (Å²) >= 11 is 0. The van der Waals surface area contributed by atoms with Gasteiger partial charge in [0.1, 0.15) is 11.6 Å². The van der Waals surface area contributed by atoms with Gasteiger partial charge in [-0.05, 0) is 42.0 Å². The molecule has 0 aliphatic heterocycles. The van der Waals surface area contributed by atoms with Gasteiger partial charge < -0.3 is 20.5 Å². The Kier molecular flexibility index (Phi) is 6.67. The maximum absolute atomic E-state index is 12.8. The third kappa shape index (κ3) is 6.23. The zero-order valence-electron chi connectivity index (χ0n) is 13.7. The summed E-state index contributed by atoms with van der Waals surface area (Å²) in [5, 5.41) is 2.56. The molecule has 26 heavy (non-hydrogen) atoms. The summed E-state index contributed by atoms with van der Waals surface area (Å²) < 4.78 is 22.8. The number of nitrogens with two attached hydrogens (primary N) is 1. The minimum atomic E-state index is -0.677. The van der Waals surface area contributed by atoms with Crippen LogP contribution in [-0.2, 0) is 20.9 Å². The van der Waals surface area contributed by atoms with Crippen molar-refractivity contribution in [2.75, 3.05) is 13.2 Å². The molecule has 0 aromatic heterocycles. The molecule has 0 spiro atoms. The van der Waals surface area contributed by atoms with Crippen LogP contribution < -0.4 is 15.8 Å². The molecule has 2 rings (SSSR count). The minimum absolute atomic E-state index is 0.197. The molecule has 0 heterocycles. The fourth-order valence-corrected chi connectivity index (χ4v) is 1.91. The molecule has 8 heteroatoms. The number of primary amides is 1. The maximum Gasteiger partial charge on any atom is 0.338 e. The highest BCUT2D eigenvalue weighted by Gasteiger charge is 2.10. The van der Waals surface area contributed by atoms with Gasteiger partial charge in [0.05, 0.1) is 5.56 Å². The molecule has 2 aromatic rings. The van der Waals surface area contributed by atoms with Crippen molar-refractivity contribution in [2.45, 2.75) is 6.54 Å². The van der Waals surface area contributed by atoms with Crippen LogP contribution in [0.4, 0.5) is 4.39 Å². The van der Waals surface area contributed by atoms with Crippen molar-refractivity contribution < 1.29 is 28.2 Å². The molecule has 0 fully saturated rings. The molecular formula is C18H17FN2O5. The molecule has 0 saturated heterocycles. The van der Waals surface area contributed by atoms with Crippen molar-refractivity contribution in [3.63, 3.8) is 0 Å². The molecule has 0 aliphatic rings. The fraction of sp³-hybridized carbons (Fsp3) is 0.167. The van der Waals surface area contributed by atoms with Gasteiger partial charge in [-0.25, -0.2) is 9.18 Å². The molecule has 2 amide bonds. The van der Waals surface area contributed by atoms with E-state index < -0.39 is 24.4 Å². The highest BCUT2D eigenvalue weighted by Crippen LogP contribution is 2.12. The second kappa shape index (κ2) is 9.16. The lowest BCUT2D eigenvalue weighted by Crippen LogP contribution is -2.28. The lowest BCUT2D eigenvalue weighted by atomic mass is 10.2. The van der Waals surface area contributed by atoms with E-state index in [0.717, 1.165) is 5.56 Å². The van der Waals surface area contributed by atoms with Gasteiger partial charge in [-0.1, -0.05) is 12.1 Å². The van der Waals surface area contributed by atoms with Crippen LogP contribution in [0, 0.1) is 5.82 Å². The average Bonchev–Trinajstić information content (AvgIpc) is 2.64. The Morgan fingerprint density at radius 1 is 0.962 bits per heavy atom. The van der Waals surface area contributed by atoms with E-state index in [4.69, 9.17) is 15.2 Å². The largest absolute Gasteiger partial charge is 0.484 e. The summed E-state index contributed by atoms with van der Waals surface area (Å²) in [5.41, 5.74) is 5.91. The van der Waals surface area contributed by atoms with E-state index in [9.17, 15) is 18.8 Å². The monoisotopic (exact) mass is 360 g/mol. The summed E-state index contributed by atoms with van der Waals surface area (Å²) in [5.74, 6) is -1.76. The van der Waals surface area contributed by atoms with Crippen molar-refractivity contribution in [1.82, 2.24) is 5.32 Å². The van der Waals surface area contributed by atoms with E-state index >= 15 is 0 Å². The first-order chi connectivity index (χ1) is 12.4. The molecular weight excluding hydrogens is 343 g/mol. The Balaban J connectivity index is 1.75. The van der Waals surface area contributed by atoms with Crippen LogP contribution in [0.2, 0.25) is 0 Å². The predicted octanol–water partition coefficient (Wildman–Crippen LogP) is 1.16. The van der Waals surface area contributed by atoms with Crippen LogP contribution in [0.1, 0.15) is 15.9 Å². The van der Waals surface area contributed by atoms with Gasteiger partial charge >= 0.3 is 5.97 Å². The quantitative estimate of drug-likeness (QED) is 0.687. The van der Waals surface area contributed by atoms with E-state index in [1.807, 2.05) is 0 Å². The summed E-state index contributed by atoms with van der Waals surface area (Å²) in [6.07, 6.45) is 0. The first-order valence-corrected chi connectivity index (χ1v) is 7.63. The van der Waals surface area contributed by atoms with Crippen LogP contribution in [0.15, 0.2) is 48.5 Å². The van der Waals surface area contributed by atoms with Gasteiger partial charge in [0.15, 0.2) is 13.2 Å². The Morgan fingerprint density at radius 2 is 1.62 bits per heavy atom. The van der Waals surface area contributed by atoms with Gasteiger partial charge in [-0.15, -0.1) is 0 Å². The molecule has 136 valence electrons. The topological polar surface area (TPSA) is 108 Å². The Hall–Kier alpha value is -3.42. The predicted molar refractivity (Wildman–Crippen MR) is 89.7 cm³/mol. The van der Waals surface area contributed by atoms with E-state index in [2.05, 4.69) is 5.32 Å². The number of benzene rings is 2. The summed E-state index contributed by atoms with van der Waals surface area (Å²) in [7, 11) is 0. The van der Waals surface area contributed by atoms with Gasteiger partial charge in [-0.3, -0.25) is 9.59 Å². The fourth-order valence-electron chi connectivity index (χ4n) is 1.91. The Bertz CT molecular complexity index is 775. The number of hydrogen-bond acceptors (Lipinski definition) is 5. The average molecular weight is 360 g/mol. The van der Waals surface area contributed by atoms with E-state index in [-0.39, 0.29) is 24.5 Å². The third-order valence-electron chi connectivity index (χ3n) is 3.21. The maximum atomic E-state index is 12.8. The van der Waals surface area contributed by atoms with Crippen molar-refractivity contribution in [1.29, 1.82) is 0 Å². The number of esters is 1. The number of carbonyl (C=O) groups excluding carboxylic acids is 3. The standard InChI is InChI=1S/C18H17FN2O5/c19-14-5-1-12(2-6-14)9-21-17(23)11-26-18(24)13-3-7-15(8-4-13)25-10-16(20)22/h1-8H,9-11H2,(H2,20,22)(H,21,23). The van der Waals surface area contributed by atoms with Crippen molar-refractivity contribution in [3.8, 4) is 5.75 Å². The van der Waals surface area contributed by atoms with Crippen molar-refractivity contribution >= 4 is 17.8 Å². The number of carbonyl (C=O) groups is 3. The van der Waals surface area contributed by atoms with Crippen LogP contribution >= 0.6 is 0 Å². The van der Waals surface area contributed by atoms with Gasteiger partial charge in [0.25, 0.3) is 11.8 Å². The van der Waals surface area contributed by atoms with Gasteiger partial charge in [-0.2, -0.15) is 0 Å². The first-order valence-electron chi connectivity index (χ1n) is 7.63. The molecule has 3 N–H and O–H groups in total. The van der Waals surface area contributed by atoms with Crippen LogP contribution in [-0.4, -0.2) is 31.0 Å². The molecule has 0 atom stereocenters. The number of hydrogen-bond donors (Lipinski definition) is 2. The second-order valence-corrected chi connectivity index (χ2v) is 5.26. The smallest absolute Gasteiger partial charge is 0.338 e. The number of ether oxygens (including phenoxy) is 2. The van der Waals surface area contributed by atoms with Crippen LogP contribution in [0.5, 0.6) is 5.75 Å². The second-order valence-electron chi connectivity index (χ2n) is 5.26. The number of rotatable bonds is 8. The molecule has 7 nitrogen and oxygen atoms in total. The van der Waals surface area contributed by atoms with Crippen molar-refractivity contribution in [3.05, 3.63) is 65.5 Å².